The molecule has 10 aromatic carbocycles. The van der Waals surface area contributed by atoms with E-state index in [4.69, 9.17) is 9.97 Å². The molecule has 0 N–H and O–H groups in total. The Morgan fingerprint density at radius 2 is 0.634 bits per heavy atom. The normalized spacial score (nSPS) is 11.2. The van der Waals surface area contributed by atoms with Crippen LogP contribution in [0.25, 0.3) is 72.5 Å². The molecular weight excluding hydrogens is 863 g/mol. The van der Waals surface area contributed by atoms with Gasteiger partial charge in [0.05, 0.1) is 22.4 Å². The van der Waals surface area contributed by atoms with E-state index in [2.05, 4.69) is 289 Å². The summed E-state index contributed by atoms with van der Waals surface area (Å²) in [6.45, 7) is 4.21. The summed E-state index contributed by atoms with van der Waals surface area (Å²) in [5, 5.41) is 2.33. The van der Waals surface area contributed by atoms with Gasteiger partial charge in [-0.1, -0.05) is 169 Å². The first-order chi connectivity index (χ1) is 35.0. The van der Waals surface area contributed by atoms with Crippen molar-refractivity contribution >= 4 is 55.9 Å². The highest BCUT2D eigenvalue weighted by atomic mass is 15.1. The lowest BCUT2D eigenvalue weighted by molar-refractivity contribution is 1.18. The van der Waals surface area contributed by atoms with Gasteiger partial charge in [-0.3, -0.25) is 0 Å². The highest BCUT2D eigenvalue weighted by Gasteiger charge is 2.20. The molecule has 0 unspecified atom stereocenters. The molecule has 0 spiro atoms. The van der Waals surface area contributed by atoms with E-state index in [0.717, 1.165) is 101 Å². The third kappa shape index (κ3) is 8.51. The van der Waals surface area contributed by atoms with Crippen molar-refractivity contribution in [1.29, 1.82) is 0 Å². The summed E-state index contributed by atoms with van der Waals surface area (Å²) in [5.41, 5.74) is 19.5. The Bertz CT molecular complexity index is 3490. The van der Waals surface area contributed by atoms with E-state index in [1.54, 1.807) is 0 Å². The highest BCUT2D eigenvalue weighted by Crippen LogP contribution is 2.43. The van der Waals surface area contributed by atoms with Gasteiger partial charge in [-0.2, -0.15) is 0 Å². The summed E-state index contributed by atoms with van der Waals surface area (Å²) >= 11 is 0. The quantitative estimate of drug-likeness (QED) is 0.130. The molecule has 0 saturated carbocycles. The third-order valence-electron chi connectivity index (χ3n) is 13.3. The molecule has 0 saturated heterocycles. The highest BCUT2D eigenvalue weighted by molar-refractivity contribution is 6.12. The topological polar surface area (TPSA) is 37.2 Å². The second-order valence-electron chi connectivity index (χ2n) is 18.1. The lowest BCUT2D eigenvalue weighted by atomic mass is 10.0. The summed E-state index contributed by atoms with van der Waals surface area (Å²) < 4.78 is 2.40. The van der Waals surface area contributed by atoms with E-state index < -0.39 is 0 Å². The molecule has 12 aromatic rings. The zero-order valence-corrected chi connectivity index (χ0v) is 39.6. The SMILES string of the molecule is Cc1ccc(-c2cc(-c3ccc(-c4ccc(-n5c6ccc(N(c7ccccc7)c7ccccc7)cc6c6cc(N(c7ccccc7)c7ccccc7)ccc65)cc4)cc3)nc(-c3ccc(C)cc3)n2)cc1. The summed E-state index contributed by atoms with van der Waals surface area (Å²) in [6.07, 6.45) is 0. The van der Waals surface area contributed by atoms with Gasteiger partial charge in [-0.15, -0.1) is 0 Å². The van der Waals surface area contributed by atoms with Crippen molar-refractivity contribution in [3.05, 3.63) is 272 Å². The first kappa shape index (κ1) is 43.0. The van der Waals surface area contributed by atoms with Gasteiger partial charge in [-0.25, -0.2) is 9.97 Å². The van der Waals surface area contributed by atoms with Gasteiger partial charge in [0.2, 0.25) is 0 Å². The van der Waals surface area contributed by atoms with Crippen LogP contribution in [0, 0.1) is 13.8 Å². The molecule has 0 aliphatic heterocycles. The van der Waals surface area contributed by atoms with Gasteiger partial charge in [-0.05, 0) is 128 Å². The number of hydrogen-bond donors (Lipinski definition) is 0. The minimum Gasteiger partial charge on any atom is -0.310 e. The van der Waals surface area contributed by atoms with Crippen LogP contribution in [0.4, 0.5) is 34.1 Å². The molecule has 5 nitrogen and oxygen atoms in total. The Morgan fingerprint density at radius 3 is 1.03 bits per heavy atom. The molecule has 338 valence electrons. The fourth-order valence-corrected chi connectivity index (χ4v) is 9.69. The second-order valence-corrected chi connectivity index (χ2v) is 18.1. The Morgan fingerprint density at radius 1 is 0.296 bits per heavy atom. The molecule has 0 amide bonds. The lowest BCUT2D eigenvalue weighted by Crippen LogP contribution is -2.09. The Kier molecular flexibility index (Phi) is 11.3. The van der Waals surface area contributed by atoms with Crippen molar-refractivity contribution in [2.45, 2.75) is 13.8 Å². The number of nitrogens with zero attached hydrogens (tertiary/aromatic N) is 5. The fraction of sp³-hybridized carbons (Fsp3) is 0.0303. The van der Waals surface area contributed by atoms with Crippen LogP contribution in [0.1, 0.15) is 11.1 Å². The fourth-order valence-electron chi connectivity index (χ4n) is 9.69. The number of benzene rings is 10. The van der Waals surface area contributed by atoms with Crippen LogP contribution < -0.4 is 9.80 Å². The zero-order chi connectivity index (χ0) is 47.7. The Balaban J connectivity index is 0.947. The molecule has 71 heavy (non-hydrogen) atoms. The minimum absolute atomic E-state index is 0.713. The first-order valence-corrected chi connectivity index (χ1v) is 24.1. The van der Waals surface area contributed by atoms with Crippen LogP contribution in [0.3, 0.4) is 0 Å². The number of para-hydroxylation sites is 4. The standard InChI is InChI=1S/C66H49N5/c1-46-23-27-50(28-24-46)62-45-63(68-66(67-62)52-29-25-47(2)26-30-52)51-33-31-48(32-34-51)49-35-37-57(38-36-49)71-64-41-39-58(69(53-15-7-3-8-16-53)54-17-9-4-10-18-54)43-60(64)61-44-59(40-42-65(61)71)70(55-19-11-5-12-20-55)56-21-13-6-14-22-56/h3-45H,1-2H3. The van der Waals surface area contributed by atoms with Gasteiger partial charge in [0.25, 0.3) is 0 Å². The van der Waals surface area contributed by atoms with Crippen molar-refractivity contribution < 1.29 is 0 Å². The number of aromatic nitrogens is 3. The van der Waals surface area contributed by atoms with Crippen LogP contribution in [0.15, 0.2) is 261 Å². The van der Waals surface area contributed by atoms with E-state index in [-0.39, 0.29) is 0 Å². The predicted molar refractivity (Wildman–Crippen MR) is 297 cm³/mol. The summed E-state index contributed by atoms with van der Waals surface area (Å²) in [6, 6.07) is 93.0. The van der Waals surface area contributed by atoms with Crippen molar-refractivity contribution in [2.24, 2.45) is 0 Å². The smallest absolute Gasteiger partial charge is 0.160 e. The Labute approximate surface area is 414 Å². The average Bonchev–Trinajstić information content (AvgIpc) is 3.75. The van der Waals surface area contributed by atoms with Crippen LogP contribution in [0.5, 0.6) is 0 Å². The van der Waals surface area contributed by atoms with Crippen molar-refractivity contribution in [3.63, 3.8) is 0 Å². The average molecular weight is 912 g/mol. The summed E-state index contributed by atoms with van der Waals surface area (Å²) in [4.78, 5) is 14.8. The number of aryl methyl sites for hydroxylation is 2. The molecular formula is C66H49N5. The van der Waals surface area contributed by atoms with E-state index in [1.165, 1.54) is 11.1 Å². The second kappa shape index (κ2) is 18.6. The van der Waals surface area contributed by atoms with Gasteiger partial charge >= 0.3 is 0 Å². The molecule has 2 aromatic heterocycles. The molecule has 0 aliphatic rings. The van der Waals surface area contributed by atoms with Gasteiger partial charge in [0.15, 0.2) is 5.82 Å². The van der Waals surface area contributed by atoms with Gasteiger partial charge < -0.3 is 14.4 Å². The van der Waals surface area contributed by atoms with Crippen LogP contribution in [0.2, 0.25) is 0 Å². The van der Waals surface area contributed by atoms with E-state index >= 15 is 0 Å². The van der Waals surface area contributed by atoms with Gasteiger partial charge in [0.1, 0.15) is 0 Å². The number of anilines is 6. The first-order valence-electron chi connectivity index (χ1n) is 24.1. The monoisotopic (exact) mass is 911 g/mol. The van der Waals surface area contributed by atoms with Crippen LogP contribution >= 0.6 is 0 Å². The summed E-state index contributed by atoms with van der Waals surface area (Å²) in [7, 11) is 0. The lowest BCUT2D eigenvalue weighted by Gasteiger charge is -2.26. The van der Waals surface area contributed by atoms with E-state index in [9.17, 15) is 0 Å². The Hall–Kier alpha value is -9.32. The van der Waals surface area contributed by atoms with Crippen molar-refractivity contribution in [3.8, 4) is 50.7 Å². The van der Waals surface area contributed by atoms with Crippen LogP contribution in [-0.2, 0) is 0 Å². The predicted octanol–water partition coefficient (Wildman–Crippen LogP) is 17.8. The molecule has 0 radical (unpaired) electrons. The van der Waals surface area contributed by atoms with Crippen LogP contribution in [-0.4, -0.2) is 14.5 Å². The molecule has 0 atom stereocenters. The molecule has 0 bridgehead atoms. The maximum Gasteiger partial charge on any atom is 0.160 e. The summed E-state index contributed by atoms with van der Waals surface area (Å²) in [5.74, 6) is 0.713. The van der Waals surface area contributed by atoms with Gasteiger partial charge in [0, 0.05) is 67.3 Å². The number of hydrogen-bond acceptors (Lipinski definition) is 4. The maximum absolute atomic E-state index is 5.11. The molecule has 12 rings (SSSR count). The minimum atomic E-state index is 0.713. The maximum atomic E-state index is 5.11. The molecule has 5 heteroatoms. The zero-order valence-electron chi connectivity index (χ0n) is 39.6. The number of fused-ring (bicyclic) bond motifs is 3. The van der Waals surface area contributed by atoms with Crippen molar-refractivity contribution in [2.75, 3.05) is 9.80 Å². The van der Waals surface area contributed by atoms with Crippen molar-refractivity contribution in [1.82, 2.24) is 14.5 Å². The third-order valence-corrected chi connectivity index (χ3v) is 13.3. The molecule has 2 heterocycles. The number of rotatable bonds is 11. The largest absolute Gasteiger partial charge is 0.310 e. The van der Waals surface area contributed by atoms with E-state index in [0.29, 0.717) is 5.82 Å². The molecule has 0 fully saturated rings. The molecule has 0 aliphatic carbocycles. The van der Waals surface area contributed by atoms with E-state index in [1.807, 2.05) is 0 Å².